The second-order valence-corrected chi connectivity index (χ2v) is 6.15. The van der Waals surface area contributed by atoms with Gasteiger partial charge >= 0.3 is 0 Å². The SMILES string of the molecule is COc1ncccc1-c1ccc2[nH]c([C@H](N)CC(C)C)nc2c1. The van der Waals surface area contributed by atoms with E-state index >= 15 is 0 Å². The second kappa shape index (κ2) is 6.38. The van der Waals surface area contributed by atoms with Crippen LogP contribution in [0.1, 0.15) is 32.1 Å². The van der Waals surface area contributed by atoms with Gasteiger partial charge in [0.1, 0.15) is 5.82 Å². The molecule has 5 nitrogen and oxygen atoms in total. The Labute approximate surface area is 135 Å². The monoisotopic (exact) mass is 310 g/mol. The first kappa shape index (κ1) is 15.5. The lowest BCUT2D eigenvalue weighted by Gasteiger charge is -2.10. The molecule has 3 rings (SSSR count). The number of nitrogens with one attached hydrogen (secondary N) is 1. The van der Waals surface area contributed by atoms with Gasteiger partial charge in [0.2, 0.25) is 5.88 Å². The summed E-state index contributed by atoms with van der Waals surface area (Å²) in [6, 6.07) is 9.92. The number of rotatable bonds is 5. The van der Waals surface area contributed by atoms with Crippen LogP contribution in [0.3, 0.4) is 0 Å². The van der Waals surface area contributed by atoms with Crippen LogP contribution in [0.5, 0.6) is 5.88 Å². The number of nitrogens with two attached hydrogens (primary N) is 1. The number of aromatic nitrogens is 3. The van der Waals surface area contributed by atoms with Crippen LogP contribution in [0.2, 0.25) is 0 Å². The third kappa shape index (κ3) is 3.19. The molecule has 0 fully saturated rings. The molecule has 0 radical (unpaired) electrons. The highest BCUT2D eigenvalue weighted by Gasteiger charge is 2.14. The van der Waals surface area contributed by atoms with Crippen molar-refractivity contribution in [2.45, 2.75) is 26.3 Å². The molecule has 2 heterocycles. The van der Waals surface area contributed by atoms with Crippen molar-refractivity contribution in [2.75, 3.05) is 7.11 Å². The number of benzene rings is 1. The van der Waals surface area contributed by atoms with Crippen molar-refractivity contribution in [2.24, 2.45) is 11.7 Å². The Bertz CT molecular complexity index is 810. The number of hydrogen-bond acceptors (Lipinski definition) is 4. The molecule has 0 saturated heterocycles. The predicted octanol–water partition coefficient (Wildman–Crippen LogP) is 3.68. The fraction of sp³-hybridized carbons (Fsp3) is 0.333. The van der Waals surface area contributed by atoms with Crippen LogP contribution in [0, 0.1) is 5.92 Å². The van der Waals surface area contributed by atoms with Gasteiger partial charge in [-0.3, -0.25) is 0 Å². The Morgan fingerprint density at radius 1 is 1.26 bits per heavy atom. The Balaban J connectivity index is 1.99. The summed E-state index contributed by atoms with van der Waals surface area (Å²) in [4.78, 5) is 12.2. The zero-order valence-corrected chi connectivity index (χ0v) is 13.7. The van der Waals surface area contributed by atoms with Gasteiger partial charge in [-0.1, -0.05) is 19.9 Å². The predicted molar refractivity (Wildman–Crippen MR) is 92.3 cm³/mol. The van der Waals surface area contributed by atoms with Gasteiger partial charge in [-0.05, 0) is 42.2 Å². The number of H-pyrrole nitrogens is 1. The number of hydrogen-bond donors (Lipinski definition) is 2. The molecule has 2 aromatic heterocycles. The highest BCUT2D eigenvalue weighted by Crippen LogP contribution is 2.30. The summed E-state index contributed by atoms with van der Waals surface area (Å²) in [6.07, 6.45) is 2.63. The lowest BCUT2D eigenvalue weighted by atomic mass is 10.0. The minimum atomic E-state index is -0.0706. The van der Waals surface area contributed by atoms with E-state index in [9.17, 15) is 0 Å². The quantitative estimate of drug-likeness (QED) is 0.753. The first-order chi connectivity index (χ1) is 11.1. The molecule has 0 spiro atoms. The van der Waals surface area contributed by atoms with E-state index in [1.807, 2.05) is 30.3 Å². The maximum Gasteiger partial charge on any atom is 0.221 e. The average molecular weight is 310 g/mol. The first-order valence-electron chi connectivity index (χ1n) is 7.83. The minimum Gasteiger partial charge on any atom is -0.481 e. The molecular formula is C18H22N4O. The maximum absolute atomic E-state index is 6.23. The third-order valence-corrected chi connectivity index (χ3v) is 3.85. The van der Waals surface area contributed by atoms with Gasteiger partial charge in [-0.25, -0.2) is 9.97 Å². The van der Waals surface area contributed by atoms with Crippen LogP contribution in [0.4, 0.5) is 0 Å². The molecular weight excluding hydrogens is 288 g/mol. The molecule has 0 aliphatic rings. The normalized spacial score (nSPS) is 12.7. The molecule has 0 aliphatic heterocycles. The Morgan fingerprint density at radius 2 is 2.09 bits per heavy atom. The van der Waals surface area contributed by atoms with Gasteiger partial charge in [-0.2, -0.15) is 0 Å². The van der Waals surface area contributed by atoms with E-state index in [-0.39, 0.29) is 6.04 Å². The van der Waals surface area contributed by atoms with Gasteiger partial charge in [0.15, 0.2) is 0 Å². The van der Waals surface area contributed by atoms with Crippen LogP contribution in [0.25, 0.3) is 22.2 Å². The van der Waals surface area contributed by atoms with Crippen LogP contribution >= 0.6 is 0 Å². The van der Waals surface area contributed by atoms with Crippen molar-refractivity contribution in [1.29, 1.82) is 0 Å². The summed E-state index contributed by atoms with van der Waals surface area (Å²) in [6.45, 7) is 4.32. The van der Waals surface area contributed by atoms with Crippen LogP contribution in [-0.2, 0) is 0 Å². The summed E-state index contributed by atoms with van der Waals surface area (Å²) >= 11 is 0. The summed E-state index contributed by atoms with van der Waals surface area (Å²) in [7, 11) is 1.63. The third-order valence-electron chi connectivity index (χ3n) is 3.85. The van der Waals surface area contributed by atoms with E-state index in [0.717, 1.165) is 34.4 Å². The highest BCUT2D eigenvalue weighted by molar-refractivity contribution is 5.83. The first-order valence-corrected chi connectivity index (χ1v) is 7.83. The van der Waals surface area contributed by atoms with Gasteiger partial charge < -0.3 is 15.5 Å². The molecule has 1 atom stereocenters. The van der Waals surface area contributed by atoms with Crippen molar-refractivity contribution in [3.63, 3.8) is 0 Å². The number of methoxy groups -OCH3 is 1. The molecule has 120 valence electrons. The molecule has 3 N–H and O–H groups in total. The smallest absolute Gasteiger partial charge is 0.221 e. The van der Waals surface area contributed by atoms with Crippen molar-refractivity contribution in [3.05, 3.63) is 42.4 Å². The van der Waals surface area contributed by atoms with E-state index in [2.05, 4.69) is 28.8 Å². The highest BCUT2D eigenvalue weighted by atomic mass is 16.5. The van der Waals surface area contributed by atoms with Crippen LogP contribution in [0.15, 0.2) is 36.5 Å². The lowest BCUT2D eigenvalue weighted by molar-refractivity contribution is 0.399. The Morgan fingerprint density at radius 3 is 2.83 bits per heavy atom. The number of aromatic amines is 1. The largest absolute Gasteiger partial charge is 0.481 e. The number of imidazole rings is 1. The average Bonchev–Trinajstić information content (AvgIpc) is 2.97. The number of fused-ring (bicyclic) bond motifs is 1. The molecule has 23 heavy (non-hydrogen) atoms. The number of pyridine rings is 1. The summed E-state index contributed by atoms with van der Waals surface area (Å²) in [5.74, 6) is 1.98. The zero-order chi connectivity index (χ0) is 16.4. The molecule has 3 aromatic rings. The molecule has 1 aromatic carbocycles. The minimum absolute atomic E-state index is 0.0706. The van der Waals surface area contributed by atoms with Crippen molar-refractivity contribution in [3.8, 4) is 17.0 Å². The van der Waals surface area contributed by atoms with E-state index in [1.165, 1.54) is 0 Å². The van der Waals surface area contributed by atoms with E-state index in [4.69, 9.17) is 10.5 Å². The summed E-state index contributed by atoms with van der Waals surface area (Å²) in [5.41, 5.74) is 10.1. The van der Waals surface area contributed by atoms with E-state index in [0.29, 0.717) is 11.8 Å². The van der Waals surface area contributed by atoms with Crippen molar-refractivity contribution < 1.29 is 4.74 Å². The van der Waals surface area contributed by atoms with E-state index < -0.39 is 0 Å². The van der Waals surface area contributed by atoms with Crippen molar-refractivity contribution >= 4 is 11.0 Å². The summed E-state index contributed by atoms with van der Waals surface area (Å²) < 4.78 is 5.34. The Kier molecular flexibility index (Phi) is 4.30. The van der Waals surface area contributed by atoms with Crippen molar-refractivity contribution in [1.82, 2.24) is 15.0 Å². The molecule has 0 amide bonds. The molecule has 0 saturated carbocycles. The molecule has 0 aliphatic carbocycles. The fourth-order valence-electron chi connectivity index (χ4n) is 2.76. The van der Waals surface area contributed by atoms with Gasteiger partial charge in [0, 0.05) is 11.8 Å². The fourth-order valence-corrected chi connectivity index (χ4v) is 2.76. The Hall–Kier alpha value is -2.40. The van der Waals surface area contributed by atoms with Gasteiger partial charge in [0.05, 0.1) is 24.2 Å². The van der Waals surface area contributed by atoms with Gasteiger partial charge in [0.25, 0.3) is 0 Å². The van der Waals surface area contributed by atoms with E-state index in [1.54, 1.807) is 13.3 Å². The topological polar surface area (TPSA) is 76.8 Å². The van der Waals surface area contributed by atoms with Crippen LogP contribution < -0.4 is 10.5 Å². The standard InChI is InChI=1S/C18H22N4O/c1-11(2)9-14(19)17-21-15-7-6-12(10-16(15)22-17)13-5-4-8-20-18(13)23-3/h4-8,10-11,14H,9,19H2,1-3H3,(H,21,22)/t14-/m1/s1. The lowest BCUT2D eigenvalue weighted by Crippen LogP contribution is -2.14. The molecule has 0 unspecified atom stereocenters. The maximum atomic E-state index is 6.23. The second-order valence-electron chi connectivity index (χ2n) is 6.15. The molecule has 5 heteroatoms. The summed E-state index contributed by atoms with van der Waals surface area (Å²) in [5, 5.41) is 0. The molecule has 0 bridgehead atoms. The zero-order valence-electron chi connectivity index (χ0n) is 13.7. The van der Waals surface area contributed by atoms with Gasteiger partial charge in [-0.15, -0.1) is 0 Å². The van der Waals surface area contributed by atoms with Crippen LogP contribution in [-0.4, -0.2) is 22.1 Å². The number of nitrogens with zero attached hydrogens (tertiary/aromatic N) is 2. The number of ether oxygens (including phenoxy) is 1.